The van der Waals surface area contributed by atoms with Gasteiger partial charge in [0.15, 0.2) is 0 Å². The summed E-state index contributed by atoms with van der Waals surface area (Å²) in [6.45, 7) is 6.56. The Morgan fingerprint density at radius 3 is 2.08 bits per heavy atom. The third-order valence-corrected chi connectivity index (χ3v) is 4.39. The number of benzene rings is 2. The molecule has 2 aromatic rings. The molecule has 0 amide bonds. The van der Waals surface area contributed by atoms with Crippen molar-refractivity contribution >= 4 is 5.97 Å². The third-order valence-electron chi connectivity index (χ3n) is 4.39. The third kappa shape index (κ3) is 6.21. The van der Waals surface area contributed by atoms with Gasteiger partial charge >= 0.3 is 5.97 Å². The molecule has 0 aliphatic rings. The van der Waals surface area contributed by atoms with Crippen LogP contribution in [0.1, 0.15) is 63.2 Å². The van der Waals surface area contributed by atoms with Crippen molar-refractivity contribution in [3.63, 3.8) is 0 Å². The number of carbonyl (C=O) groups excluding carboxylic acids is 1. The Morgan fingerprint density at radius 2 is 1.50 bits per heavy atom. The van der Waals surface area contributed by atoms with Crippen molar-refractivity contribution in [3.8, 4) is 16.9 Å². The van der Waals surface area contributed by atoms with Crippen molar-refractivity contribution in [3.05, 3.63) is 54.1 Å². The Kier molecular flexibility index (Phi) is 8.20. The molecule has 0 unspecified atom stereocenters. The van der Waals surface area contributed by atoms with E-state index in [1.54, 1.807) is 12.1 Å². The van der Waals surface area contributed by atoms with Gasteiger partial charge in [0.2, 0.25) is 0 Å². The molecule has 0 aromatic heterocycles. The first-order valence-corrected chi connectivity index (χ1v) is 9.68. The summed E-state index contributed by atoms with van der Waals surface area (Å²) in [6, 6.07) is 15.6. The molecular formula is C23H30O3. The first-order chi connectivity index (χ1) is 12.6. The standard InChI is InChI=1S/C23H30O3/c1-4-6-7-8-9-18(3)26-22-16-14-20(15-17-22)19-10-12-21(13-11-19)23(24)25-5-2/h10-18H,4-9H2,1-3H3/t18-/m1/s1. The highest BCUT2D eigenvalue weighted by atomic mass is 16.5. The van der Waals surface area contributed by atoms with Crippen molar-refractivity contribution < 1.29 is 14.3 Å². The van der Waals surface area contributed by atoms with E-state index in [1.165, 1.54) is 25.7 Å². The molecule has 0 fully saturated rings. The summed E-state index contributed by atoms with van der Waals surface area (Å²) < 4.78 is 11.0. The number of rotatable bonds is 10. The first-order valence-electron chi connectivity index (χ1n) is 9.68. The molecule has 0 spiro atoms. The Hall–Kier alpha value is -2.29. The Balaban J connectivity index is 1.91. The average Bonchev–Trinajstić information content (AvgIpc) is 2.66. The molecule has 3 nitrogen and oxygen atoms in total. The summed E-state index contributed by atoms with van der Waals surface area (Å²) >= 11 is 0. The second-order valence-electron chi connectivity index (χ2n) is 6.60. The van der Waals surface area contributed by atoms with E-state index < -0.39 is 0 Å². The molecule has 0 aliphatic carbocycles. The smallest absolute Gasteiger partial charge is 0.338 e. The maximum absolute atomic E-state index is 11.7. The predicted molar refractivity (Wildman–Crippen MR) is 107 cm³/mol. The lowest BCUT2D eigenvalue weighted by Crippen LogP contribution is -2.11. The molecule has 3 heteroatoms. The van der Waals surface area contributed by atoms with Crippen molar-refractivity contribution in [2.45, 2.75) is 59.0 Å². The first kappa shape index (κ1) is 20.0. The molecule has 26 heavy (non-hydrogen) atoms. The van der Waals surface area contributed by atoms with Crippen LogP contribution in [0.25, 0.3) is 11.1 Å². The number of carbonyl (C=O) groups is 1. The Labute approximate surface area is 157 Å². The van der Waals surface area contributed by atoms with Crippen LogP contribution in [0.5, 0.6) is 5.75 Å². The van der Waals surface area contributed by atoms with Crippen LogP contribution in [0.15, 0.2) is 48.5 Å². The zero-order valence-electron chi connectivity index (χ0n) is 16.2. The van der Waals surface area contributed by atoms with Crippen molar-refractivity contribution in [1.82, 2.24) is 0 Å². The predicted octanol–water partition coefficient (Wildman–Crippen LogP) is 6.27. The quantitative estimate of drug-likeness (QED) is 0.373. The molecule has 0 saturated heterocycles. The van der Waals surface area contributed by atoms with E-state index in [4.69, 9.17) is 9.47 Å². The van der Waals surface area contributed by atoms with E-state index in [-0.39, 0.29) is 12.1 Å². The zero-order valence-corrected chi connectivity index (χ0v) is 16.2. The minimum Gasteiger partial charge on any atom is -0.491 e. The van der Waals surface area contributed by atoms with Crippen LogP contribution in [0.3, 0.4) is 0 Å². The molecule has 2 aromatic carbocycles. The van der Waals surface area contributed by atoms with Crippen LogP contribution in [0, 0.1) is 0 Å². The van der Waals surface area contributed by atoms with Gasteiger partial charge in [-0.25, -0.2) is 4.79 Å². The van der Waals surface area contributed by atoms with Crippen molar-refractivity contribution in [1.29, 1.82) is 0 Å². The second kappa shape index (κ2) is 10.6. The number of esters is 1. The number of hydrogen-bond acceptors (Lipinski definition) is 3. The van der Waals surface area contributed by atoms with Gasteiger partial charge in [-0.1, -0.05) is 50.5 Å². The van der Waals surface area contributed by atoms with E-state index in [9.17, 15) is 4.79 Å². The maximum Gasteiger partial charge on any atom is 0.338 e. The van der Waals surface area contributed by atoms with Crippen molar-refractivity contribution in [2.24, 2.45) is 0 Å². The SMILES string of the molecule is CCCCCC[C@@H](C)Oc1ccc(-c2ccc(C(=O)OCC)cc2)cc1. The van der Waals surface area contributed by atoms with Gasteiger partial charge in [0.05, 0.1) is 18.3 Å². The van der Waals surface area contributed by atoms with Crippen LogP contribution in [-0.2, 0) is 4.74 Å². The molecule has 2 rings (SSSR count). The number of ether oxygens (including phenoxy) is 2. The van der Waals surface area contributed by atoms with Crippen LogP contribution in [0.4, 0.5) is 0 Å². The van der Waals surface area contributed by atoms with Gasteiger partial charge in [0.1, 0.15) is 5.75 Å². The van der Waals surface area contributed by atoms with Crippen LogP contribution >= 0.6 is 0 Å². The van der Waals surface area contributed by atoms with E-state index in [0.717, 1.165) is 23.3 Å². The average molecular weight is 354 g/mol. The van der Waals surface area contributed by atoms with E-state index >= 15 is 0 Å². The monoisotopic (exact) mass is 354 g/mol. The van der Waals surface area contributed by atoms with E-state index in [0.29, 0.717) is 12.2 Å². The minimum atomic E-state index is -0.282. The molecule has 0 aliphatic heterocycles. The molecule has 0 N–H and O–H groups in total. The summed E-state index contributed by atoms with van der Waals surface area (Å²) in [5.74, 6) is 0.621. The fourth-order valence-electron chi connectivity index (χ4n) is 2.89. The molecule has 0 saturated carbocycles. The fourth-order valence-corrected chi connectivity index (χ4v) is 2.89. The maximum atomic E-state index is 11.7. The highest BCUT2D eigenvalue weighted by Crippen LogP contribution is 2.24. The summed E-state index contributed by atoms with van der Waals surface area (Å²) in [5.41, 5.74) is 2.74. The lowest BCUT2D eigenvalue weighted by molar-refractivity contribution is 0.0526. The van der Waals surface area contributed by atoms with Crippen molar-refractivity contribution in [2.75, 3.05) is 6.61 Å². The van der Waals surface area contributed by atoms with Crippen LogP contribution < -0.4 is 4.74 Å². The lowest BCUT2D eigenvalue weighted by atomic mass is 10.0. The summed E-state index contributed by atoms with van der Waals surface area (Å²) in [6.07, 6.45) is 6.40. The highest BCUT2D eigenvalue weighted by Gasteiger charge is 2.07. The van der Waals surface area contributed by atoms with Gasteiger partial charge in [-0.05, 0) is 62.1 Å². The van der Waals surface area contributed by atoms with E-state index in [1.807, 2.05) is 31.2 Å². The van der Waals surface area contributed by atoms with Gasteiger partial charge in [-0.3, -0.25) is 0 Å². The molecule has 0 radical (unpaired) electrons. The fraction of sp³-hybridized carbons (Fsp3) is 0.435. The second-order valence-corrected chi connectivity index (χ2v) is 6.60. The minimum absolute atomic E-state index is 0.238. The Bertz CT molecular complexity index is 659. The highest BCUT2D eigenvalue weighted by molar-refractivity contribution is 5.90. The van der Waals surface area contributed by atoms with Gasteiger partial charge in [-0.15, -0.1) is 0 Å². The van der Waals surface area contributed by atoms with Gasteiger partial charge in [0.25, 0.3) is 0 Å². The molecule has 0 bridgehead atoms. The molecular weight excluding hydrogens is 324 g/mol. The molecule has 1 atom stereocenters. The van der Waals surface area contributed by atoms with Crippen LogP contribution in [-0.4, -0.2) is 18.7 Å². The summed E-state index contributed by atoms with van der Waals surface area (Å²) in [5, 5.41) is 0. The topological polar surface area (TPSA) is 35.5 Å². The van der Waals surface area contributed by atoms with Crippen LogP contribution in [0.2, 0.25) is 0 Å². The lowest BCUT2D eigenvalue weighted by Gasteiger charge is -2.15. The largest absolute Gasteiger partial charge is 0.491 e. The summed E-state index contributed by atoms with van der Waals surface area (Å²) in [4.78, 5) is 11.7. The summed E-state index contributed by atoms with van der Waals surface area (Å²) in [7, 11) is 0. The van der Waals surface area contributed by atoms with Gasteiger partial charge < -0.3 is 9.47 Å². The van der Waals surface area contributed by atoms with E-state index in [2.05, 4.69) is 26.0 Å². The molecule has 0 heterocycles. The normalized spacial score (nSPS) is 11.8. The Morgan fingerprint density at radius 1 is 0.885 bits per heavy atom. The van der Waals surface area contributed by atoms with Gasteiger partial charge in [-0.2, -0.15) is 0 Å². The number of hydrogen-bond donors (Lipinski definition) is 0. The van der Waals surface area contributed by atoms with Gasteiger partial charge in [0, 0.05) is 0 Å². The molecule has 140 valence electrons. The zero-order chi connectivity index (χ0) is 18.8. The number of unbranched alkanes of at least 4 members (excludes halogenated alkanes) is 3.